The molecule has 5 nitrogen and oxygen atoms in total. The zero-order chi connectivity index (χ0) is 13.3. The molecular weight excluding hydrogens is 547 g/mol. The van der Waals surface area contributed by atoms with Crippen LogP contribution in [0.4, 0.5) is 0 Å². The summed E-state index contributed by atoms with van der Waals surface area (Å²) in [6.07, 6.45) is 0. The van der Waals surface area contributed by atoms with Crippen molar-refractivity contribution in [3.8, 4) is 0 Å². The first kappa shape index (κ1) is 20.8. The minimum absolute atomic E-state index is 0. The molecule has 0 heterocycles. The summed E-state index contributed by atoms with van der Waals surface area (Å²) in [5, 5.41) is 0. The first-order valence-corrected chi connectivity index (χ1v) is 13.6. The van der Waals surface area contributed by atoms with Crippen LogP contribution < -0.4 is 0 Å². The van der Waals surface area contributed by atoms with E-state index >= 15 is 0 Å². The van der Waals surface area contributed by atoms with Crippen molar-refractivity contribution in [2.45, 2.75) is 0 Å². The van der Waals surface area contributed by atoms with Crippen LogP contribution in [0.5, 0.6) is 0 Å². The first-order chi connectivity index (χ1) is 7.06. The second-order valence-electron chi connectivity index (χ2n) is 5.47. The molecule has 0 bridgehead atoms. The van der Waals surface area contributed by atoms with E-state index in [4.69, 9.17) is 0 Å². The molecule has 0 fully saturated rings. The summed E-state index contributed by atoms with van der Waals surface area (Å²) in [7, 11) is 21.9. The van der Waals surface area contributed by atoms with E-state index in [2.05, 4.69) is 84.9 Å². The van der Waals surface area contributed by atoms with Crippen LogP contribution in [0.3, 0.4) is 0 Å². The Morgan fingerprint density at radius 2 is 0.529 bits per heavy atom. The van der Waals surface area contributed by atoms with Crippen LogP contribution in [0.15, 0.2) is 0 Å². The van der Waals surface area contributed by atoms with Crippen molar-refractivity contribution in [3.63, 3.8) is 0 Å². The van der Waals surface area contributed by atoms with Crippen LogP contribution in [0.2, 0.25) is 0 Å². The molecule has 7 heteroatoms. The monoisotopic (exact) mass is 580 g/mol. The Balaban J connectivity index is 0. The summed E-state index contributed by atoms with van der Waals surface area (Å²) in [4.78, 5) is 0. The van der Waals surface area contributed by atoms with Crippen LogP contribution in [0.1, 0.15) is 0 Å². The van der Waals surface area contributed by atoms with Gasteiger partial charge in [-0.25, -0.2) is 0 Å². The number of rotatable bonds is 5. The molecule has 0 N–H and O–H groups in total. The Labute approximate surface area is 130 Å². The summed E-state index contributed by atoms with van der Waals surface area (Å²) in [5.41, 5.74) is 0. The van der Waals surface area contributed by atoms with Gasteiger partial charge in [-0.1, -0.05) is 0 Å². The molecule has 0 aromatic rings. The molecule has 0 aliphatic heterocycles. The topological polar surface area (TPSA) is 16.2 Å². The maximum atomic E-state index is 2.43. The Morgan fingerprint density at radius 1 is 0.412 bits per heavy atom. The number of hydrogen-bond acceptors (Lipinski definition) is 5. The summed E-state index contributed by atoms with van der Waals surface area (Å²) in [6, 6.07) is 0. The summed E-state index contributed by atoms with van der Waals surface area (Å²) in [6.45, 7) is 0. The third-order valence-corrected chi connectivity index (χ3v) is 32.7. The Hall–Kier alpha value is 1.54. The van der Waals surface area contributed by atoms with Gasteiger partial charge in [0.25, 0.3) is 0 Å². The van der Waals surface area contributed by atoms with Crippen LogP contribution in [-0.4, -0.2) is 84.9 Å². The van der Waals surface area contributed by atoms with Crippen LogP contribution in [-0.2, 0) is 45.8 Å². The number of nitrogens with zero attached hydrogens (tertiary/aromatic N) is 5. The molecule has 0 radical (unpaired) electrons. The van der Waals surface area contributed by atoms with Crippen molar-refractivity contribution in [3.05, 3.63) is 0 Å². The first-order valence-electron chi connectivity index (χ1n) is 5.59. The average Bonchev–Trinajstić information content (AvgIpc) is 2.00. The third-order valence-electron chi connectivity index (χ3n) is 4.00. The Bertz CT molecular complexity index is 177. The van der Waals surface area contributed by atoms with Crippen molar-refractivity contribution in [1.82, 2.24) is 14.4 Å². The van der Waals surface area contributed by atoms with E-state index in [1.54, 1.807) is 0 Å². The van der Waals surface area contributed by atoms with Gasteiger partial charge in [0.2, 0.25) is 0 Å². The van der Waals surface area contributed by atoms with E-state index in [0.717, 1.165) is 0 Å². The zero-order valence-electron chi connectivity index (χ0n) is 13.2. The van der Waals surface area contributed by atoms with Gasteiger partial charge in [-0.05, 0) is 0 Å². The summed E-state index contributed by atoms with van der Waals surface area (Å²) >= 11 is -3.75. The normalized spacial score (nSPS) is 15.6. The van der Waals surface area contributed by atoms with Gasteiger partial charge in [0.1, 0.15) is 0 Å². The van der Waals surface area contributed by atoms with Crippen LogP contribution in [0, 0.1) is 0 Å². The van der Waals surface area contributed by atoms with Gasteiger partial charge < -0.3 is 0 Å². The van der Waals surface area contributed by atoms with E-state index in [-0.39, 0.29) is 25.8 Å². The minimum Gasteiger partial charge on any atom is 0 e. The average molecular weight is 577 g/mol. The molecule has 0 rings (SSSR count). The predicted molar refractivity (Wildman–Crippen MR) is 68.4 cm³/mol. The molecule has 0 atom stereocenters. The van der Waals surface area contributed by atoms with Crippen LogP contribution in [0.25, 0.3) is 0 Å². The second-order valence-corrected chi connectivity index (χ2v) is 28.7. The van der Waals surface area contributed by atoms with Gasteiger partial charge >= 0.3 is 105 Å². The molecule has 0 saturated carbocycles. The SMILES string of the molecule is C[N](C)[Hf]([N](C)C)([N](C)C)([N](C)C)[N](C)C.[Hf]. The van der Waals surface area contributed by atoms with Gasteiger partial charge in [-0.3, -0.25) is 0 Å². The smallest absolute Gasteiger partial charge is 0 e. The van der Waals surface area contributed by atoms with Crippen molar-refractivity contribution in [2.24, 2.45) is 0 Å². The van der Waals surface area contributed by atoms with Crippen LogP contribution >= 0.6 is 0 Å². The minimum atomic E-state index is -3.75. The quantitative estimate of drug-likeness (QED) is 0.429. The van der Waals surface area contributed by atoms with Gasteiger partial charge in [0.15, 0.2) is 0 Å². The molecule has 0 saturated heterocycles. The molecular formula is C10H30Hf2N5. The Kier molecular flexibility index (Phi) is 8.36. The summed E-state index contributed by atoms with van der Waals surface area (Å²) < 4.78 is 12.1. The molecule has 17 heavy (non-hydrogen) atoms. The molecule has 103 valence electrons. The van der Waals surface area contributed by atoms with Gasteiger partial charge in [-0.2, -0.15) is 0 Å². The molecule has 0 amide bonds. The second kappa shape index (κ2) is 6.81. The van der Waals surface area contributed by atoms with E-state index in [0.29, 0.717) is 0 Å². The van der Waals surface area contributed by atoms with Crippen molar-refractivity contribution in [2.75, 3.05) is 70.5 Å². The Morgan fingerprint density at radius 3 is 0.529 bits per heavy atom. The molecule has 0 aliphatic rings. The fraction of sp³-hybridized carbons (Fsp3) is 1.00. The fourth-order valence-electron chi connectivity index (χ4n) is 4.00. The van der Waals surface area contributed by atoms with Crippen molar-refractivity contribution >= 4 is 0 Å². The van der Waals surface area contributed by atoms with Gasteiger partial charge in [0, 0.05) is 25.8 Å². The summed E-state index contributed by atoms with van der Waals surface area (Å²) in [5.74, 6) is 0. The molecule has 0 unspecified atom stereocenters. The maximum Gasteiger partial charge on any atom is 0 e. The van der Waals surface area contributed by atoms with E-state index in [9.17, 15) is 0 Å². The fourth-order valence-corrected chi connectivity index (χ4v) is 32.7. The van der Waals surface area contributed by atoms with E-state index < -0.39 is 19.9 Å². The largest absolute Gasteiger partial charge is 0 e. The maximum absolute atomic E-state index is 3.75. The van der Waals surface area contributed by atoms with E-state index in [1.807, 2.05) is 0 Å². The molecule has 0 spiro atoms. The molecule has 0 aromatic carbocycles. The van der Waals surface area contributed by atoms with Crippen molar-refractivity contribution < 1.29 is 45.8 Å². The standard InChI is InChI=1S/5C2H6N.2Hf/c5*1-3-2;;/h5*1-2H3;;/q5*-1;;+5. The number of hydrogen-bond donors (Lipinski definition) is 0. The molecule has 0 aromatic heterocycles. The predicted octanol–water partition coefficient (Wildman–Crippen LogP) is 0.0565. The third kappa shape index (κ3) is 2.45. The molecule has 0 aliphatic carbocycles. The van der Waals surface area contributed by atoms with Crippen molar-refractivity contribution in [1.29, 1.82) is 0 Å². The van der Waals surface area contributed by atoms with Gasteiger partial charge in [0.05, 0.1) is 0 Å². The van der Waals surface area contributed by atoms with E-state index in [1.165, 1.54) is 0 Å². The van der Waals surface area contributed by atoms with Gasteiger partial charge in [-0.15, -0.1) is 0 Å². The zero-order valence-corrected chi connectivity index (χ0v) is 20.4.